The van der Waals surface area contributed by atoms with Crippen molar-refractivity contribution in [1.82, 2.24) is 24.6 Å². The molecule has 10 nitrogen and oxygen atoms in total. The first kappa shape index (κ1) is 26.3. The van der Waals surface area contributed by atoms with Gasteiger partial charge in [-0.2, -0.15) is 5.10 Å². The molecule has 3 heterocycles. The molecule has 2 aromatic carbocycles. The molecule has 0 spiro atoms. The highest BCUT2D eigenvalue weighted by molar-refractivity contribution is 6.04. The Kier molecular flexibility index (Phi) is 8.14. The maximum Gasteiger partial charge on any atom is 0.255 e. The average molecular weight is 527 g/mol. The van der Waals surface area contributed by atoms with Crippen LogP contribution in [0, 0.1) is 13.8 Å². The molecule has 202 valence electrons. The van der Waals surface area contributed by atoms with Gasteiger partial charge in [-0.15, -0.1) is 0 Å². The Bertz CT molecular complexity index is 1440. The van der Waals surface area contributed by atoms with Crippen LogP contribution in [0.2, 0.25) is 0 Å². The van der Waals surface area contributed by atoms with Crippen LogP contribution in [-0.2, 0) is 11.8 Å². The fourth-order valence-corrected chi connectivity index (χ4v) is 4.49. The molecule has 2 aromatic heterocycles. The third-order valence-corrected chi connectivity index (χ3v) is 6.75. The first-order chi connectivity index (χ1) is 19.0. The molecular formula is C29H34N8O2. The number of rotatable bonds is 9. The molecule has 0 radical (unpaired) electrons. The Morgan fingerprint density at radius 3 is 2.72 bits per heavy atom. The normalized spacial score (nSPS) is 13.7. The van der Waals surface area contributed by atoms with Crippen molar-refractivity contribution in [3.05, 3.63) is 77.7 Å². The van der Waals surface area contributed by atoms with Crippen molar-refractivity contribution >= 4 is 28.9 Å². The molecule has 10 heteroatoms. The molecular weight excluding hydrogens is 492 g/mol. The molecule has 0 atom stereocenters. The fraction of sp³-hybridized carbons (Fsp3) is 0.310. The van der Waals surface area contributed by atoms with Crippen molar-refractivity contribution in [1.29, 1.82) is 0 Å². The van der Waals surface area contributed by atoms with E-state index in [9.17, 15) is 4.79 Å². The van der Waals surface area contributed by atoms with Crippen LogP contribution in [0.4, 0.5) is 23.0 Å². The predicted octanol–water partition coefficient (Wildman–Crippen LogP) is 4.23. The molecule has 1 saturated heterocycles. The monoisotopic (exact) mass is 526 g/mol. The van der Waals surface area contributed by atoms with Gasteiger partial charge in [0.05, 0.1) is 30.7 Å². The molecule has 39 heavy (non-hydrogen) atoms. The Hall–Kier alpha value is -4.28. The van der Waals surface area contributed by atoms with Crippen molar-refractivity contribution in [3.63, 3.8) is 0 Å². The SMILES string of the molecule is Cc1cccc(C(=O)Nc2ccc(C)c(Nc3c(-c4cc(NCCN5CCOCC5)ncn4)cnn3C)c2)c1. The van der Waals surface area contributed by atoms with E-state index >= 15 is 0 Å². The average Bonchev–Trinajstić information content (AvgIpc) is 3.31. The quantitative estimate of drug-likeness (QED) is 0.297. The number of hydrogen-bond acceptors (Lipinski definition) is 8. The number of aryl methyl sites for hydroxylation is 3. The number of nitrogens with one attached hydrogen (secondary N) is 3. The largest absolute Gasteiger partial charge is 0.379 e. The summed E-state index contributed by atoms with van der Waals surface area (Å²) in [5.74, 6) is 1.41. The van der Waals surface area contributed by atoms with Crippen LogP contribution in [0.5, 0.6) is 0 Å². The maximum atomic E-state index is 12.8. The number of morpholine rings is 1. The summed E-state index contributed by atoms with van der Waals surface area (Å²) in [4.78, 5) is 24.1. The first-order valence-corrected chi connectivity index (χ1v) is 13.1. The molecule has 0 aliphatic carbocycles. The molecule has 0 bridgehead atoms. The van der Waals surface area contributed by atoms with Gasteiger partial charge in [0.2, 0.25) is 0 Å². The fourth-order valence-electron chi connectivity index (χ4n) is 4.49. The Morgan fingerprint density at radius 1 is 1.05 bits per heavy atom. The lowest BCUT2D eigenvalue weighted by molar-refractivity contribution is 0.0398. The summed E-state index contributed by atoms with van der Waals surface area (Å²) in [6.07, 6.45) is 3.36. The van der Waals surface area contributed by atoms with Gasteiger partial charge in [-0.05, 0) is 43.7 Å². The molecule has 1 aliphatic heterocycles. The maximum absolute atomic E-state index is 12.8. The number of nitrogens with zero attached hydrogens (tertiary/aromatic N) is 5. The van der Waals surface area contributed by atoms with Gasteiger partial charge in [-0.25, -0.2) is 9.97 Å². The number of aromatic nitrogens is 4. The zero-order chi connectivity index (χ0) is 27.2. The summed E-state index contributed by atoms with van der Waals surface area (Å²) in [6.45, 7) is 9.19. The van der Waals surface area contributed by atoms with E-state index < -0.39 is 0 Å². The van der Waals surface area contributed by atoms with E-state index in [1.807, 2.05) is 69.4 Å². The highest BCUT2D eigenvalue weighted by Crippen LogP contribution is 2.31. The second kappa shape index (κ2) is 12.1. The van der Waals surface area contributed by atoms with Crippen LogP contribution in [0.3, 0.4) is 0 Å². The highest BCUT2D eigenvalue weighted by Gasteiger charge is 2.16. The number of hydrogen-bond donors (Lipinski definition) is 3. The molecule has 1 amide bonds. The number of ether oxygens (including phenoxy) is 1. The lowest BCUT2D eigenvalue weighted by Gasteiger charge is -2.26. The van der Waals surface area contributed by atoms with Gasteiger partial charge in [0.25, 0.3) is 5.91 Å². The summed E-state index contributed by atoms with van der Waals surface area (Å²) in [5.41, 5.74) is 5.87. The molecule has 0 saturated carbocycles. The standard InChI is InChI=1S/C29H34N8O2/c1-20-5-4-6-22(15-20)29(38)34-23-8-7-21(2)25(16-23)35-28-24(18-33-36(28)3)26-17-27(32-19-31-26)30-9-10-37-11-13-39-14-12-37/h4-8,15-19,35H,9-14H2,1-3H3,(H,34,38)(H,30,31,32). The Morgan fingerprint density at radius 2 is 1.90 bits per heavy atom. The highest BCUT2D eigenvalue weighted by atomic mass is 16.5. The van der Waals surface area contributed by atoms with Gasteiger partial charge < -0.3 is 20.7 Å². The zero-order valence-corrected chi connectivity index (χ0v) is 22.6. The van der Waals surface area contributed by atoms with E-state index in [-0.39, 0.29) is 5.91 Å². The first-order valence-electron chi connectivity index (χ1n) is 13.1. The van der Waals surface area contributed by atoms with Crippen LogP contribution in [0.15, 0.2) is 61.1 Å². The number of carbonyl (C=O) groups excluding carboxylic acids is 1. The number of amides is 1. The molecule has 5 rings (SSSR count). The lowest BCUT2D eigenvalue weighted by atomic mass is 10.1. The predicted molar refractivity (Wildman–Crippen MR) is 154 cm³/mol. The van der Waals surface area contributed by atoms with Gasteiger partial charge in [-0.1, -0.05) is 23.8 Å². The summed E-state index contributed by atoms with van der Waals surface area (Å²) in [6, 6.07) is 15.3. The molecule has 3 N–H and O–H groups in total. The van der Waals surface area contributed by atoms with E-state index in [0.29, 0.717) is 11.3 Å². The van der Waals surface area contributed by atoms with Crippen molar-refractivity contribution in [2.45, 2.75) is 13.8 Å². The minimum atomic E-state index is -0.149. The second-order valence-electron chi connectivity index (χ2n) is 9.68. The second-order valence-corrected chi connectivity index (χ2v) is 9.68. The van der Waals surface area contributed by atoms with Crippen molar-refractivity contribution in [2.75, 3.05) is 55.3 Å². The van der Waals surface area contributed by atoms with Gasteiger partial charge in [-0.3, -0.25) is 14.4 Å². The summed E-state index contributed by atoms with van der Waals surface area (Å²) in [7, 11) is 1.88. The molecule has 4 aromatic rings. The number of carbonyl (C=O) groups is 1. The minimum absolute atomic E-state index is 0.149. The van der Waals surface area contributed by atoms with E-state index in [1.54, 1.807) is 17.2 Å². The van der Waals surface area contributed by atoms with Crippen LogP contribution in [0.1, 0.15) is 21.5 Å². The summed E-state index contributed by atoms with van der Waals surface area (Å²) in [5, 5.41) is 14.4. The zero-order valence-electron chi connectivity index (χ0n) is 22.6. The van der Waals surface area contributed by atoms with Gasteiger partial charge >= 0.3 is 0 Å². The van der Waals surface area contributed by atoms with Gasteiger partial charge in [0, 0.05) is 56.2 Å². The van der Waals surface area contributed by atoms with Crippen LogP contribution < -0.4 is 16.0 Å². The van der Waals surface area contributed by atoms with Crippen molar-refractivity contribution < 1.29 is 9.53 Å². The van der Waals surface area contributed by atoms with Crippen LogP contribution in [-0.4, -0.2) is 69.9 Å². The number of benzene rings is 2. The third-order valence-electron chi connectivity index (χ3n) is 6.75. The summed E-state index contributed by atoms with van der Waals surface area (Å²) < 4.78 is 7.20. The molecule has 1 fully saturated rings. The van der Waals surface area contributed by atoms with Gasteiger partial charge in [0.15, 0.2) is 0 Å². The van der Waals surface area contributed by atoms with E-state index in [2.05, 4.69) is 35.9 Å². The summed E-state index contributed by atoms with van der Waals surface area (Å²) >= 11 is 0. The van der Waals surface area contributed by atoms with Crippen molar-refractivity contribution in [2.24, 2.45) is 7.05 Å². The molecule has 1 aliphatic rings. The Balaban J connectivity index is 1.30. The Labute approximate surface area is 228 Å². The topological polar surface area (TPSA) is 109 Å². The van der Waals surface area contributed by atoms with E-state index in [1.165, 1.54) is 0 Å². The molecule has 0 unspecified atom stereocenters. The van der Waals surface area contributed by atoms with Gasteiger partial charge in [0.1, 0.15) is 18.0 Å². The van der Waals surface area contributed by atoms with E-state index in [4.69, 9.17) is 4.74 Å². The third kappa shape index (κ3) is 6.60. The smallest absolute Gasteiger partial charge is 0.255 e. The lowest BCUT2D eigenvalue weighted by Crippen LogP contribution is -2.39. The van der Waals surface area contributed by atoms with Crippen LogP contribution in [0.25, 0.3) is 11.3 Å². The number of anilines is 4. The minimum Gasteiger partial charge on any atom is -0.379 e. The van der Waals surface area contributed by atoms with Crippen LogP contribution >= 0.6 is 0 Å². The van der Waals surface area contributed by atoms with Crippen molar-refractivity contribution in [3.8, 4) is 11.3 Å². The van der Waals surface area contributed by atoms with E-state index in [0.717, 1.165) is 79.1 Å².